The summed E-state index contributed by atoms with van der Waals surface area (Å²) >= 11 is 0. The molecule has 0 saturated heterocycles. The molecule has 1 rings (SSSR count). The Morgan fingerprint density at radius 3 is 2.62 bits per heavy atom. The van der Waals surface area contributed by atoms with Gasteiger partial charge in [-0.25, -0.2) is 13.4 Å². The van der Waals surface area contributed by atoms with E-state index < -0.39 is 9.05 Å². The predicted molar refractivity (Wildman–Crippen MR) is 60.8 cm³/mol. The molecule has 1 amide bonds. The van der Waals surface area contributed by atoms with E-state index in [0.717, 1.165) is 6.42 Å². The van der Waals surface area contributed by atoms with Gasteiger partial charge in [-0.3, -0.25) is 4.79 Å². The Kier molecular flexibility index (Phi) is 4.26. The van der Waals surface area contributed by atoms with Crippen molar-refractivity contribution >= 4 is 31.3 Å². The Bertz CT molecular complexity index is 470. The Labute approximate surface area is 98.3 Å². The summed E-state index contributed by atoms with van der Waals surface area (Å²) in [5.41, 5.74) is 0.447. The minimum Gasteiger partial charge on any atom is -0.325 e. The highest BCUT2D eigenvalue weighted by molar-refractivity contribution is 8.13. The van der Waals surface area contributed by atoms with Crippen LogP contribution in [0.15, 0.2) is 23.4 Å². The van der Waals surface area contributed by atoms with Gasteiger partial charge in [-0.2, -0.15) is 0 Å². The molecule has 0 fully saturated rings. The molecule has 0 aliphatic rings. The number of rotatable bonds is 4. The molecular formula is C9H11ClN2O3S. The number of carbonyl (C=O) groups is 1. The number of hydrogen-bond donors (Lipinski definition) is 1. The Morgan fingerprint density at radius 1 is 1.50 bits per heavy atom. The fourth-order valence-corrected chi connectivity index (χ4v) is 1.73. The Morgan fingerprint density at radius 2 is 2.19 bits per heavy atom. The lowest BCUT2D eigenvalue weighted by molar-refractivity contribution is -0.116. The zero-order valence-corrected chi connectivity index (χ0v) is 10.2. The first-order valence-corrected chi connectivity index (χ1v) is 6.95. The van der Waals surface area contributed by atoms with E-state index >= 15 is 0 Å². The van der Waals surface area contributed by atoms with Gasteiger partial charge in [0.15, 0.2) is 5.03 Å². The fraction of sp³-hybridized carbons (Fsp3) is 0.333. The second-order valence-corrected chi connectivity index (χ2v) is 5.63. The van der Waals surface area contributed by atoms with Crippen LogP contribution in [-0.4, -0.2) is 19.3 Å². The maximum absolute atomic E-state index is 11.2. The molecular weight excluding hydrogens is 252 g/mol. The zero-order chi connectivity index (χ0) is 12.2. The largest absolute Gasteiger partial charge is 0.325 e. The first-order chi connectivity index (χ1) is 7.43. The van der Waals surface area contributed by atoms with Gasteiger partial charge in [-0.1, -0.05) is 6.92 Å². The summed E-state index contributed by atoms with van der Waals surface area (Å²) in [7, 11) is 1.28. The van der Waals surface area contributed by atoms with E-state index in [4.69, 9.17) is 10.7 Å². The van der Waals surface area contributed by atoms with Crippen LogP contribution in [0.3, 0.4) is 0 Å². The molecule has 0 radical (unpaired) electrons. The van der Waals surface area contributed by atoms with Gasteiger partial charge in [0, 0.05) is 17.1 Å². The average molecular weight is 263 g/mol. The highest BCUT2D eigenvalue weighted by Crippen LogP contribution is 2.14. The summed E-state index contributed by atoms with van der Waals surface area (Å²) < 4.78 is 21.8. The summed E-state index contributed by atoms with van der Waals surface area (Å²) in [5, 5.41) is 2.35. The van der Waals surface area contributed by atoms with Gasteiger partial charge in [0.05, 0.1) is 11.9 Å². The number of nitrogens with one attached hydrogen (secondary N) is 1. The number of nitrogens with zero attached hydrogens (tertiary/aromatic N) is 1. The number of amides is 1. The Balaban J connectivity index is 2.76. The molecule has 0 aliphatic heterocycles. The third-order valence-electron chi connectivity index (χ3n) is 1.75. The maximum atomic E-state index is 11.2. The molecule has 7 heteroatoms. The van der Waals surface area contributed by atoms with Crippen molar-refractivity contribution < 1.29 is 13.2 Å². The second-order valence-electron chi connectivity index (χ2n) is 3.12. The highest BCUT2D eigenvalue weighted by atomic mass is 35.7. The lowest BCUT2D eigenvalue weighted by Crippen LogP contribution is -2.11. The van der Waals surface area contributed by atoms with Crippen LogP contribution >= 0.6 is 10.7 Å². The van der Waals surface area contributed by atoms with Crippen LogP contribution in [0.25, 0.3) is 0 Å². The van der Waals surface area contributed by atoms with E-state index in [1.807, 2.05) is 6.92 Å². The van der Waals surface area contributed by atoms with Crippen molar-refractivity contribution in [3.05, 3.63) is 18.3 Å². The molecule has 0 aromatic carbocycles. The summed E-state index contributed by atoms with van der Waals surface area (Å²) in [4.78, 5) is 14.8. The second kappa shape index (κ2) is 5.27. The standard InChI is InChI=1S/C9H11ClN2O3S/c1-2-3-8(13)12-7-4-5-9(11-6-7)16(10,14)15/h4-6H,2-3H2,1H3,(H,12,13). The minimum atomic E-state index is -3.81. The molecule has 0 unspecified atom stereocenters. The normalized spacial score (nSPS) is 11.1. The van der Waals surface area contributed by atoms with Gasteiger partial charge < -0.3 is 5.32 Å². The van der Waals surface area contributed by atoms with Gasteiger partial charge in [-0.05, 0) is 18.6 Å². The molecule has 0 aliphatic carbocycles. The van der Waals surface area contributed by atoms with Crippen molar-refractivity contribution in [3.63, 3.8) is 0 Å². The number of aromatic nitrogens is 1. The number of carbonyl (C=O) groups excluding carboxylic acids is 1. The molecule has 1 N–H and O–H groups in total. The molecule has 0 atom stereocenters. The van der Waals surface area contributed by atoms with Crippen LogP contribution in [0.1, 0.15) is 19.8 Å². The van der Waals surface area contributed by atoms with Crippen LogP contribution in [0.2, 0.25) is 0 Å². The summed E-state index contributed by atoms with van der Waals surface area (Å²) in [6, 6.07) is 2.68. The van der Waals surface area contributed by atoms with Crippen molar-refractivity contribution in [3.8, 4) is 0 Å². The van der Waals surface area contributed by atoms with Crippen molar-refractivity contribution in [2.24, 2.45) is 0 Å². The van der Waals surface area contributed by atoms with Crippen molar-refractivity contribution in [1.29, 1.82) is 0 Å². The monoisotopic (exact) mass is 262 g/mol. The molecule has 1 aromatic rings. The molecule has 16 heavy (non-hydrogen) atoms. The maximum Gasteiger partial charge on any atom is 0.278 e. The SMILES string of the molecule is CCCC(=O)Nc1ccc(S(=O)(=O)Cl)nc1. The molecule has 0 spiro atoms. The summed E-state index contributed by atoms with van der Waals surface area (Å²) in [6.07, 6.45) is 2.41. The topological polar surface area (TPSA) is 76.1 Å². The Hall–Kier alpha value is -1.14. The lowest BCUT2D eigenvalue weighted by atomic mass is 10.3. The van der Waals surface area contributed by atoms with Crippen molar-refractivity contribution in [2.75, 3.05) is 5.32 Å². The van der Waals surface area contributed by atoms with Crippen LogP contribution in [0.4, 0.5) is 5.69 Å². The summed E-state index contributed by atoms with van der Waals surface area (Å²) in [5.74, 6) is -0.134. The minimum absolute atomic E-state index is 0.134. The van der Waals surface area contributed by atoms with Crippen LogP contribution in [0.5, 0.6) is 0 Å². The molecule has 1 aromatic heterocycles. The lowest BCUT2D eigenvalue weighted by Gasteiger charge is -2.03. The smallest absolute Gasteiger partial charge is 0.278 e. The predicted octanol–water partition coefficient (Wildman–Crippen LogP) is 1.75. The first kappa shape index (κ1) is 12.9. The van der Waals surface area contributed by atoms with Crippen LogP contribution < -0.4 is 5.32 Å². The van der Waals surface area contributed by atoms with Gasteiger partial charge in [0.2, 0.25) is 5.91 Å². The molecule has 1 heterocycles. The molecule has 5 nitrogen and oxygen atoms in total. The average Bonchev–Trinajstić information content (AvgIpc) is 2.17. The molecule has 0 saturated carbocycles. The van der Waals surface area contributed by atoms with Gasteiger partial charge in [-0.15, -0.1) is 0 Å². The van der Waals surface area contributed by atoms with E-state index in [2.05, 4.69) is 10.3 Å². The van der Waals surface area contributed by atoms with Gasteiger partial charge in [0.1, 0.15) is 0 Å². The number of pyridine rings is 1. The molecule has 0 bridgehead atoms. The van der Waals surface area contributed by atoms with E-state index in [1.54, 1.807) is 0 Å². The third-order valence-corrected chi connectivity index (χ3v) is 2.96. The van der Waals surface area contributed by atoms with E-state index in [-0.39, 0.29) is 10.9 Å². The highest BCUT2D eigenvalue weighted by Gasteiger charge is 2.11. The quantitative estimate of drug-likeness (QED) is 0.839. The molecule has 88 valence electrons. The van der Waals surface area contributed by atoms with E-state index in [0.29, 0.717) is 12.1 Å². The number of anilines is 1. The van der Waals surface area contributed by atoms with Gasteiger partial charge >= 0.3 is 0 Å². The first-order valence-electron chi connectivity index (χ1n) is 4.64. The van der Waals surface area contributed by atoms with Crippen molar-refractivity contribution in [1.82, 2.24) is 4.98 Å². The fourth-order valence-electron chi connectivity index (χ4n) is 1.05. The van der Waals surface area contributed by atoms with Gasteiger partial charge in [0.25, 0.3) is 9.05 Å². The van der Waals surface area contributed by atoms with Crippen LogP contribution in [-0.2, 0) is 13.8 Å². The van der Waals surface area contributed by atoms with Crippen LogP contribution in [0, 0.1) is 0 Å². The summed E-state index contributed by atoms with van der Waals surface area (Å²) in [6.45, 7) is 1.89. The third kappa shape index (κ3) is 3.79. The van der Waals surface area contributed by atoms with Crippen molar-refractivity contribution in [2.45, 2.75) is 24.8 Å². The number of hydrogen-bond acceptors (Lipinski definition) is 4. The van der Waals surface area contributed by atoms with E-state index in [1.165, 1.54) is 18.3 Å². The van der Waals surface area contributed by atoms with E-state index in [9.17, 15) is 13.2 Å². The number of halogens is 1. The zero-order valence-electron chi connectivity index (χ0n) is 8.60.